The van der Waals surface area contributed by atoms with Gasteiger partial charge >= 0.3 is 6.03 Å². The summed E-state index contributed by atoms with van der Waals surface area (Å²) in [4.78, 5) is 35.9. The third kappa shape index (κ3) is 7.90. The Morgan fingerprint density at radius 2 is 1.67 bits per heavy atom. The summed E-state index contributed by atoms with van der Waals surface area (Å²) in [6.45, 7) is 3.85. The number of urea groups is 1. The SMILES string of the molecule is CCCC(NC(=O)NCc1ccc(F)cc1)C(=O)NCc1cccc(NC(C)=O)c1. The van der Waals surface area contributed by atoms with E-state index in [1.54, 1.807) is 30.3 Å². The predicted molar refractivity (Wildman–Crippen MR) is 113 cm³/mol. The molecule has 1 unspecified atom stereocenters. The highest BCUT2D eigenvalue weighted by Gasteiger charge is 2.19. The van der Waals surface area contributed by atoms with Gasteiger partial charge in [0, 0.05) is 25.7 Å². The third-order valence-electron chi connectivity index (χ3n) is 4.28. The van der Waals surface area contributed by atoms with Crippen molar-refractivity contribution in [2.24, 2.45) is 0 Å². The van der Waals surface area contributed by atoms with Crippen LogP contribution in [-0.2, 0) is 22.7 Å². The second-order valence-electron chi connectivity index (χ2n) is 6.89. The zero-order chi connectivity index (χ0) is 21.9. The minimum Gasteiger partial charge on any atom is -0.350 e. The quantitative estimate of drug-likeness (QED) is 0.507. The molecule has 30 heavy (non-hydrogen) atoms. The lowest BCUT2D eigenvalue weighted by Crippen LogP contribution is -2.49. The summed E-state index contributed by atoms with van der Waals surface area (Å²) >= 11 is 0. The highest BCUT2D eigenvalue weighted by atomic mass is 19.1. The van der Waals surface area contributed by atoms with E-state index in [9.17, 15) is 18.8 Å². The van der Waals surface area contributed by atoms with E-state index < -0.39 is 12.1 Å². The van der Waals surface area contributed by atoms with Crippen LogP contribution in [0.5, 0.6) is 0 Å². The fourth-order valence-corrected chi connectivity index (χ4v) is 2.83. The van der Waals surface area contributed by atoms with Crippen molar-refractivity contribution in [3.05, 3.63) is 65.5 Å². The molecule has 0 heterocycles. The van der Waals surface area contributed by atoms with E-state index in [1.165, 1.54) is 19.1 Å². The zero-order valence-corrected chi connectivity index (χ0v) is 17.1. The molecule has 8 heteroatoms. The summed E-state index contributed by atoms with van der Waals surface area (Å²) in [6, 6.07) is 11.8. The van der Waals surface area contributed by atoms with Crippen LogP contribution in [0.2, 0.25) is 0 Å². The average molecular weight is 414 g/mol. The lowest BCUT2D eigenvalue weighted by Gasteiger charge is -2.18. The van der Waals surface area contributed by atoms with E-state index in [-0.39, 0.29) is 30.7 Å². The first kappa shape index (κ1) is 22.9. The zero-order valence-electron chi connectivity index (χ0n) is 17.1. The second-order valence-corrected chi connectivity index (χ2v) is 6.89. The van der Waals surface area contributed by atoms with Crippen LogP contribution in [0.3, 0.4) is 0 Å². The number of amides is 4. The van der Waals surface area contributed by atoms with Crippen molar-refractivity contribution in [3.8, 4) is 0 Å². The molecule has 4 amide bonds. The Hall–Kier alpha value is -3.42. The fraction of sp³-hybridized carbons (Fsp3) is 0.318. The Kier molecular flexibility index (Phi) is 8.80. The first-order valence-electron chi connectivity index (χ1n) is 9.80. The molecular weight excluding hydrogens is 387 g/mol. The first-order chi connectivity index (χ1) is 14.4. The van der Waals surface area contributed by atoms with Gasteiger partial charge in [0.15, 0.2) is 0 Å². The van der Waals surface area contributed by atoms with Gasteiger partial charge in [-0.15, -0.1) is 0 Å². The van der Waals surface area contributed by atoms with Gasteiger partial charge in [-0.25, -0.2) is 9.18 Å². The van der Waals surface area contributed by atoms with E-state index in [1.807, 2.05) is 13.0 Å². The van der Waals surface area contributed by atoms with E-state index in [2.05, 4.69) is 21.3 Å². The van der Waals surface area contributed by atoms with Crippen molar-refractivity contribution in [1.29, 1.82) is 0 Å². The summed E-state index contributed by atoms with van der Waals surface area (Å²) in [5, 5.41) is 10.9. The molecule has 0 aromatic heterocycles. The molecule has 0 radical (unpaired) electrons. The Morgan fingerprint density at radius 1 is 0.967 bits per heavy atom. The Balaban J connectivity index is 1.86. The van der Waals surface area contributed by atoms with Gasteiger partial charge in [0.05, 0.1) is 0 Å². The number of hydrogen-bond acceptors (Lipinski definition) is 3. The molecule has 0 spiro atoms. The summed E-state index contributed by atoms with van der Waals surface area (Å²) in [6.07, 6.45) is 1.20. The Labute approximate surface area is 175 Å². The molecule has 0 saturated heterocycles. The third-order valence-corrected chi connectivity index (χ3v) is 4.28. The number of nitrogens with one attached hydrogen (secondary N) is 4. The molecule has 2 aromatic rings. The van der Waals surface area contributed by atoms with Crippen LogP contribution in [0, 0.1) is 5.82 Å². The topological polar surface area (TPSA) is 99.3 Å². The highest BCUT2D eigenvalue weighted by Crippen LogP contribution is 2.10. The van der Waals surface area contributed by atoms with Gasteiger partial charge in [-0.2, -0.15) is 0 Å². The normalized spacial score (nSPS) is 11.3. The van der Waals surface area contributed by atoms with E-state index >= 15 is 0 Å². The first-order valence-corrected chi connectivity index (χ1v) is 9.80. The van der Waals surface area contributed by atoms with Gasteiger partial charge < -0.3 is 21.3 Å². The maximum Gasteiger partial charge on any atom is 0.315 e. The van der Waals surface area contributed by atoms with Crippen molar-refractivity contribution in [1.82, 2.24) is 16.0 Å². The molecule has 2 rings (SSSR count). The van der Waals surface area contributed by atoms with E-state index in [4.69, 9.17) is 0 Å². The minimum absolute atomic E-state index is 0.171. The largest absolute Gasteiger partial charge is 0.350 e. The number of anilines is 1. The van der Waals surface area contributed by atoms with Crippen LogP contribution in [0.1, 0.15) is 37.8 Å². The molecular formula is C22H27FN4O3. The molecule has 4 N–H and O–H groups in total. The van der Waals surface area contributed by atoms with Crippen LogP contribution in [0.4, 0.5) is 14.9 Å². The fourth-order valence-electron chi connectivity index (χ4n) is 2.83. The number of hydrogen-bond donors (Lipinski definition) is 4. The predicted octanol–water partition coefficient (Wildman–Crippen LogP) is 3.07. The lowest BCUT2D eigenvalue weighted by molar-refractivity contribution is -0.123. The van der Waals surface area contributed by atoms with Crippen LogP contribution in [-0.4, -0.2) is 23.9 Å². The van der Waals surface area contributed by atoms with E-state index in [0.29, 0.717) is 18.5 Å². The maximum absolute atomic E-state index is 12.9. The molecule has 0 bridgehead atoms. The summed E-state index contributed by atoms with van der Waals surface area (Å²) in [7, 11) is 0. The summed E-state index contributed by atoms with van der Waals surface area (Å²) < 4.78 is 12.9. The van der Waals surface area contributed by atoms with Crippen LogP contribution >= 0.6 is 0 Å². The Morgan fingerprint density at radius 3 is 2.33 bits per heavy atom. The minimum atomic E-state index is -0.679. The van der Waals surface area contributed by atoms with Crippen molar-refractivity contribution >= 4 is 23.5 Å². The molecule has 0 aliphatic heterocycles. The molecule has 0 fully saturated rings. The molecule has 0 aliphatic rings. The summed E-state index contributed by atoms with van der Waals surface area (Å²) in [5.41, 5.74) is 2.23. The van der Waals surface area contributed by atoms with Crippen molar-refractivity contribution in [2.75, 3.05) is 5.32 Å². The van der Waals surface area contributed by atoms with Crippen LogP contribution in [0.25, 0.3) is 0 Å². The van der Waals surface area contributed by atoms with Crippen molar-refractivity contribution < 1.29 is 18.8 Å². The van der Waals surface area contributed by atoms with Gasteiger partial charge in [-0.3, -0.25) is 9.59 Å². The Bertz CT molecular complexity index is 871. The molecule has 2 aromatic carbocycles. The van der Waals surface area contributed by atoms with Gasteiger partial charge in [-0.05, 0) is 41.8 Å². The monoisotopic (exact) mass is 414 g/mol. The van der Waals surface area contributed by atoms with Gasteiger partial charge in [0.25, 0.3) is 0 Å². The highest BCUT2D eigenvalue weighted by molar-refractivity contribution is 5.89. The van der Waals surface area contributed by atoms with E-state index in [0.717, 1.165) is 11.1 Å². The lowest BCUT2D eigenvalue weighted by atomic mass is 10.1. The molecule has 160 valence electrons. The average Bonchev–Trinajstić information content (AvgIpc) is 2.71. The van der Waals surface area contributed by atoms with Crippen LogP contribution < -0.4 is 21.3 Å². The molecule has 0 saturated carbocycles. The second kappa shape index (κ2) is 11.5. The number of carbonyl (C=O) groups is 3. The molecule has 0 aliphatic carbocycles. The van der Waals surface area contributed by atoms with Gasteiger partial charge in [0.1, 0.15) is 11.9 Å². The number of rotatable bonds is 9. The number of halogens is 1. The maximum atomic E-state index is 12.9. The summed E-state index contributed by atoms with van der Waals surface area (Å²) in [5.74, 6) is -0.806. The van der Waals surface area contributed by atoms with Crippen molar-refractivity contribution in [2.45, 2.75) is 45.8 Å². The standard InChI is InChI=1S/C22H27FN4O3/c1-3-5-20(27-22(30)25-13-16-8-10-18(23)11-9-16)21(29)24-14-17-6-4-7-19(12-17)26-15(2)28/h4,6-12,20H,3,5,13-14H2,1-2H3,(H,24,29)(H,26,28)(H2,25,27,30). The molecule has 7 nitrogen and oxygen atoms in total. The smallest absolute Gasteiger partial charge is 0.315 e. The van der Waals surface area contributed by atoms with Gasteiger partial charge in [-0.1, -0.05) is 37.6 Å². The number of benzene rings is 2. The molecule has 1 atom stereocenters. The van der Waals surface area contributed by atoms with Crippen LogP contribution in [0.15, 0.2) is 48.5 Å². The number of carbonyl (C=O) groups excluding carboxylic acids is 3. The van der Waals surface area contributed by atoms with Gasteiger partial charge in [0.2, 0.25) is 11.8 Å². The van der Waals surface area contributed by atoms with Crippen molar-refractivity contribution in [3.63, 3.8) is 0 Å².